The van der Waals surface area contributed by atoms with Gasteiger partial charge < -0.3 is 14.7 Å². The molecule has 1 heterocycles. The van der Waals surface area contributed by atoms with E-state index in [4.69, 9.17) is 14.6 Å². The number of nitrogens with zero attached hydrogens (tertiary/aromatic N) is 5. The molecule has 4 aromatic rings. The minimum atomic E-state index is -5.08. The number of carbonyl (C=O) groups is 1. The molecule has 2 atom stereocenters. The normalized spacial score (nSPS) is 12.6. The maximum absolute atomic E-state index is 10.6. The highest BCUT2D eigenvalue weighted by Crippen LogP contribution is 2.29. The Bertz CT molecular complexity index is 1400. The van der Waals surface area contributed by atoms with E-state index in [1.54, 1.807) is 0 Å². The van der Waals surface area contributed by atoms with Crippen LogP contribution in [0.15, 0.2) is 84.9 Å². The van der Waals surface area contributed by atoms with Crippen molar-refractivity contribution in [3.8, 4) is 0 Å². The minimum absolute atomic E-state index is 0.134. The molecule has 0 spiro atoms. The zero-order chi connectivity index (χ0) is 32.0. The molecule has 0 fully saturated rings. The third kappa shape index (κ3) is 10.8. The van der Waals surface area contributed by atoms with Gasteiger partial charge in [-0.05, 0) is 65.4 Å². The van der Waals surface area contributed by atoms with Crippen molar-refractivity contribution in [1.82, 2.24) is 25.5 Å². The maximum atomic E-state index is 10.6. The molecule has 0 saturated carbocycles. The first kappa shape index (κ1) is 34.2. The maximum Gasteiger partial charge on any atom is 0.490 e. The van der Waals surface area contributed by atoms with Crippen LogP contribution in [0.5, 0.6) is 0 Å². The fraction of sp³-hybridized carbons (Fsp3) is 0.375. The number of benzene rings is 3. The van der Waals surface area contributed by atoms with Crippen molar-refractivity contribution in [1.29, 1.82) is 0 Å². The fourth-order valence-corrected chi connectivity index (χ4v) is 4.56. The number of aryl methyl sites for hydroxylation is 1. The number of anilines is 1. The number of aliphatic carboxylic acids is 1. The van der Waals surface area contributed by atoms with Crippen molar-refractivity contribution >= 4 is 11.7 Å². The molecule has 0 aliphatic heterocycles. The molecule has 9 nitrogen and oxygen atoms in total. The molecule has 3 aromatic carbocycles. The smallest absolute Gasteiger partial charge is 0.475 e. The van der Waals surface area contributed by atoms with Crippen LogP contribution >= 0.6 is 0 Å². The summed E-state index contributed by atoms with van der Waals surface area (Å²) in [5, 5.41) is 23.9. The number of hydrogen-bond acceptors (Lipinski definition) is 7. The zero-order valence-corrected chi connectivity index (χ0v) is 25.1. The van der Waals surface area contributed by atoms with Gasteiger partial charge in [-0.15, -0.1) is 5.10 Å². The highest BCUT2D eigenvalue weighted by molar-refractivity contribution is 5.73. The van der Waals surface area contributed by atoms with Crippen LogP contribution < -0.4 is 10.2 Å². The Morgan fingerprint density at radius 3 is 2.25 bits per heavy atom. The van der Waals surface area contributed by atoms with Crippen LogP contribution in [0.25, 0.3) is 0 Å². The van der Waals surface area contributed by atoms with Crippen LogP contribution in [0.3, 0.4) is 0 Å². The molecular formula is C32H39F3N6O3. The molecule has 4 rings (SSSR count). The standard InChI is InChI=1S/C30H38N6O.C2HF3O2/c1-4-37-22-21-36-30(32-33-34-36)29(26-18-12-19-27(23-26)35(2)3)31-28(25-16-9-6-10-17-25)20-11-15-24-13-7-5-8-14-24;3-2(4,5)1(6)7/h5-10,12-14,16-19,23,28-29,31H,4,11,15,20-22H2,1-3H3;(H,6,7). The topological polar surface area (TPSA) is 105 Å². The number of nitrogens with one attached hydrogen (secondary N) is 1. The third-order valence-corrected chi connectivity index (χ3v) is 6.80. The van der Waals surface area contributed by atoms with Gasteiger partial charge in [-0.3, -0.25) is 5.32 Å². The highest BCUT2D eigenvalue weighted by Gasteiger charge is 2.38. The van der Waals surface area contributed by atoms with Gasteiger partial charge >= 0.3 is 12.1 Å². The Morgan fingerprint density at radius 1 is 1.00 bits per heavy atom. The molecule has 44 heavy (non-hydrogen) atoms. The number of aromatic nitrogens is 4. The van der Waals surface area contributed by atoms with Crippen molar-refractivity contribution in [3.05, 3.63) is 107 Å². The zero-order valence-electron chi connectivity index (χ0n) is 25.1. The van der Waals surface area contributed by atoms with Crippen molar-refractivity contribution < 1.29 is 27.8 Å². The van der Waals surface area contributed by atoms with E-state index in [9.17, 15) is 13.2 Å². The summed E-state index contributed by atoms with van der Waals surface area (Å²) in [6.07, 6.45) is -1.99. The Labute approximate surface area is 255 Å². The van der Waals surface area contributed by atoms with E-state index in [-0.39, 0.29) is 12.1 Å². The number of hydrogen-bond donors (Lipinski definition) is 2. The van der Waals surface area contributed by atoms with Crippen molar-refractivity contribution in [2.24, 2.45) is 0 Å². The lowest BCUT2D eigenvalue weighted by molar-refractivity contribution is -0.192. The lowest BCUT2D eigenvalue weighted by Gasteiger charge is -2.27. The van der Waals surface area contributed by atoms with Gasteiger partial charge in [0.15, 0.2) is 5.82 Å². The predicted molar refractivity (Wildman–Crippen MR) is 162 cm³/mol. The predicted octanol–water partition coefficient (Wildman–Crippen LogP) is 5.85. The van der Waals surface area contributed by atoms with Gasteiger partial charge in [-0.25, -0.2) is 9.48 Å². The largest absolute Gasteiger partial charge is 0.490 e. The number of carboxylic acids is 1. The third-order valence-electron chi connectivity index (χ3n) is 6.80. The van der Waals surface area contributed by atoms with Crippen molar-refractivity contribution in [3.63, 3.8) is 0 Å². The van der Waals surface area contributed by atoms with Crippen LogP contribution in [0, 0.1) is 0 Å². The van der Waals surface area contributed by atoms with Crippen LogP contribution in [-0.4, -0.2) is 64.8 Å². The van der Waals surface area contributed by atoms with Gasteiger partial charge in [0.25, 0.3) is 0 Å². The molecule has 2 unspecified atom stereocenters. The van der Waals surface area contributed by atoms with Crippen molar-refractivity contribution in [2.45, 2.75) is 51.0 Å². The summed E-state index contributed by atoms with van der Waals surface area (Å²) >= 11 is 0. The first-order valence-electron chi connectivity index (χ1n) is 14.4. The number of carboxylic acid groups (broad SMARTS) is 1. The Balaban J connectivity index is 0.000000676. The first-order chi connectivity index (χ1) is 21.1. The van der Waals surface area contributed by atoms with E-state index in [0.29, 0.717) is 19.8 Å². The fourth-order valence-electron chi connectivity index (χ4n) is 4.56. The Kier molecular flexibility index (Phi) is 13.3. The SMILES string of the molecule is CCOCCn1nnnc1C(NC(CCCc1ccccc1)c1ccccc1)c1cccc(N(C)C)c1.O=C(O)C(F)(F)F. The van der Waals surface area contributed by atoms with Gasteiger partial charge in [-0.2, -0.15) is 13.2 Å². The second-order valence-corrected chi connectivity index (χ2v) is 10.2. The Morgan fingerprint density at radius 2 is 1.64 bits per heavy atom. The summed E-state index contributed by atoms with van der Waals surface area (Å²) in [4.78, 5) is 11.0. The second-order valence-electron chi connectivity index (χ2n) is 10.2. The summed E-state index contributed by atoms with van der Waals surface area (Å²) in [6.45, 7) is 3.84. The molecule has 0 bridgehead atoms. The quantitative estimate of drug-likeness (QED) is 0.171. The van der Waals surface area contributed by atoms with Crippen LogP contribution in [0.2, 0.25) is 0 Å². The van der Waals surface area contributed by atoms with Gasteiger partial charge in [0, 0.05) is 32.4 Å². The number of tetrazole rings is 1. The molecule has 1 aromatic heterocycles. The van der Waals surface area contributed by atoms with Crippen LogP contribution in [-0.2, 0) is 22.5 Å². The van der Waals surface area contributed by atoms with Crippen LogP contribution in [0.1, 0.15) is 54.4 Å². The first-order valence-corrected chi connectivity index (χ1v) is 14.4. The van der Waals surface area contributed by atoms with Gasteiger partial charge in [-0.1, -0.05) is 72.8 Å². The molecule has 0 amide bonds. The van der Waals surface area contributed by atoms with E-state index in [2.05, 4.69) is 125 Å². The van der Waals surface area contributed by atoms with E-state index < -0.39 is 12.1 Å². The molecule has 236 valence electrons. The number of alkyl halides is 3. The lowest BCUT2D eigenvalue weighted by Crippen LogP contribution is -2.30. The van der Waals surface area contributed by atoms with Gasteiger partial charge in [0.05, 0.1) is 19.2 Å². The Hall–Kier alpha value is -4.29. The van der Waals surface area contributed by atoms with Crippen molar-refractivity contribution in [2.75, 3.05) is 32.2 Å². The summed E-state index contributed by atoms with van der Waals surface area (Å²) in [6, 6.07) is 29.9. The summed E-state index contributed by atoms with van der Waals surface area (Å²) in [5.74, 6) is -1.97. The number of halogens is 3. The lowest BCUT2D eigenvalue weighted by atomic mass is 9.96. The summed E-state index contributed by atoms with van der Waals surface area (Å²) in [5.41, 5.74) is 4.89. The molecular weight excluding hydrogens is 573 g/mol. The van der Waals surface area contributed by atoms with Crippen LogP contribution in [0.4, 0.5) is 18.9 Å². The minimum Gasteiger partial charge on any atom is -0.475 e. The molecule has 0 aliphatic carbocycles. The van der Waals surface area contributed by atoms with Gasteiger partial charge in [0.1, 0.15) is 0 Å². The highest BCUT2D eigenvalue weighted by atomic mass is 19.4. The summed E-state index contributed by atoms with van der Waals surface area (Å²) < 4.78 is 39.2. The second kappa shape index (κ2) is 17.1. The molecule has 0 radical (unpaired) electrons. The molecule has 0 saturated heterocycles. The molecule has 2 N–H and O–H groups in total. The van der Waals surface area contributed by atoms with Gasteiger partial charge in [0.2, 0.25) is 0 Å². The number of rotatable bonds is 14. The van der Waals surface area contributed by atoms with E-state index >= 15 is 0 Å². The average molecular weight is 613 g/mol. The average Bonchev–Trinajstić information content (AvgIpc) is 3.48. The van der Waals surface area contributed by atoms with E-state index in [1.807, 2.05) is 11.6 Å². The molecule has 0 aliphatic rings. The van der Waals surface area contributed by atoms with E-state index in [1.165, 1.54) is 11.1 Å². The summed E-state index contributed by atoms with van der Waals surface area (Å²) in [7, 11) is 4.12. The monoisotopic (exact) mass is 612 g/mol. The van der Waals surface area contributed by atoms with E-state index in [0.717, 1.165) is 36.3 Å². The number of ether oxygens (including phenoxy) is 1. The molecule has 12 heteroatoms.